The Morgan fingerprint density at radius 3 is 2.75 bits per heavy atom. The monoisotopic (exact) mass is 218 g/mol. The molecule has 1 amide bonds. The highest BCUT2D eigenvalue weighted by Gasteiger charge is 2.40. The van der Waals surface area contributed by atoms with Crippen molar-refractivity contribution in [2.24, 2.45) is 0 Å². The van der Waals surface area contributed by atoms with Crippen molar-refractivity contribution in [3.8, 4) is 17.6 Å². The summed E-state index contributed by atoms with van der Waals surface area (Å²) < 4.78 is 10.1. The van der Waals surface area contributed by atoms with Gasteiger partial charge in [-0.15, -0.1) is 0 Å². The first-order valence-electron chi connectivity index (χ1n) is 4.77. The first kappa shape index (κ1) is 10.3. The molecule has 1 saturated heterocycles. The maximum absolute atomic E-state index is 11.5. The number of rotatable bonds is 2. The van der Waals surface area contributed by atoms with Gasteiger partial charge in [-0.3, -0.25) is 4.90 Å². The predicted molar refractivity (Wildman–Crippen MR) is 55.1 cm³/mol. The molecular weight excluding hydrogens is 208 g/mol. The highest BCUT2D eigenvalue weighted by molar-refractivity contribution is 5.75. The molecule has 0 saturated carbocycles. The number of ether oxygens (including phenoxy) is 2. The van der Waals surface area contributed by atoms with E-state index in [1.807, 2.05) is 6.07 Å². The number of nitriles is 1. The molecule has 1 aromatic rings. The number of benzene rings is 1. The fourth-order valence-electron chi connectivity index (χ4n) is 1.31. The number of nitrogens with zero attached hydrogens (tertiary/aromatic N) is 2. The Bertz CT molecular complexity index is 453. The molecule has 5 heteroatoms. The van der Waals surface area contributed by atoms with E-state index in [0.717, 1.165) is 0 Å². The van der Waals surface area contributed by atoms with Gasteiger partial charge in [0, 0.05) is 0 Å². The normalized spacial score (nSPS) is 17.5. The molecule has 1 atom stereocenters. The molecule has 1 heterocycles. The van der Waals surface area contributed by atoms with Crippen LogP contribution in [0, 0.1) is 11.3 Å². The van der Waals surface area contributed by atoms with Gasteiger partial charge in [0.05, 0.1) is 19.7 Å². The first-order valence-corrected chi connectivity index (χ1v) is 4.77. The minimum absolute atomic E-state index is 0.345. The summed E-state index contributed by atoms with van der Waals surface area (Å²) in [5, 5.41) is 8.57. The van der Waals surface area contributed by atoms with Crippen LogP contribution in [-0.2, 0) is 0 Å². The van der Waals surface area contributed by atoms with Gasteiger partial charge < -0.3 is 9.47 Å². The minimum Gasteiger partial charge on any atom is -0.493 e. The summed E-state index contributed by atoms with van der Waals surface area (Å²) in [6, 6.07) is 8.50. The van der Waals surface area contributed by atoms with Crippen molar-refractivity contribution in [2.75, 3.05) is 13.7 Å². The third-order valence-corrected chi connectivity index (χ3v) is 2.26. The van der Waals surface area contributed by atoms with Crippen molar-refractivity contribution >= 4 is 6.09 Å². The summed E-state index contributed by atoms with van der Waals surface area (Å²) in [4.78, 5) is 12.8. The second-order valence-corrected chi connectivity index (χ2v) is 3.32. The summed E-state index contributed by atoms with van der Waals surface area (Å²) in [5.74, 6) is 0.852. The number of methoxy groups -OCH3 is 1. The van der Waals surface area contributed by atoms with E-state index < -0.39 is 6.09 Å². The van der Waals surface area contributed by atoms with Gasteiger partial charge in [0.1, 0.15) is 6.04 Å². The summed E-state index contributed by atoms with van der Waals surface area (Å²) >= 11 is 0. The maximum atomic E-state index is 11.5. The van der Waals surface area contributed by atoms with E-state index in [-0.39, 0.29) is 6.04 Å². The quantitative estimate of drug-likeness (QED) is 0.704. The summed E-state index contributed by atoms with van der Waals surface area (Å²) in [7, 11) is 1.50. The lowest BCUT2D eigenvalue weighted by molar-refractivity contribution is 0.182. The average Bonchev–Trinajstić information content (AvgIpc) is 3.09. The second-order valence-electron chi connectivity index (χ2n) is 3.32. The fourth-order valence-corrected chi connectivity index (χ4v) is 1.31. The lowest BCUT2D eigenvalue weighted by Crippen LogP contribution is -2.18. The van der Waals surface area contributed by atoms with Gasteiger partial charge in [0.2, 0.25) is 0 Å². The zero-order valence-corrected chi connectivity index (χ0v) is 8.71. The number of hydrogen-bond acceptors (Lipinski definition) is 4. The van der Waals surface area contributed by atoms with Crippen molar-refractivity contribution in [1.29, 1.82) is 5.26 Å². The van der Waals surface area contributed by atoms with Crippen molar-refractivity contribution in [2.45, 2.75) is 6.04 Å². The van der Waals surface area contributed by atoms with E-state index in [4.69, 9.17) is 14.7 Å². The largest absolute Gasteiger partial charge is 0.493 e. The van der Waals surface area contributed by atoms with Crippen LogP contribution in [0.25, 0.3) is 0 Å². The van der Waals surface area contributed by atoms with Crippen LogP contribution in [0.15, 0.2) is 24.3 Å². The third kappa shape index (κ3) is 1.91. The topological polar surface area (TPSA) is 62.3 Å². The summed E-state index contributed by atoms with van der Waals surface area (Å²) in [6.07, 6.45) is -0.518. The molecular formula is C11H10N2O3. The van der Waals surface area contributed by atoms with Crippen LogP contribution >= 0.6 is 0 Å². The fraction of sp³-hybridized carbons (Fsp3) is 0.273. The Labute approximate surface area is 92.8 Å². The number of para-hydroxylation sites is 2. The number of carbonyl (C=O) groups excluding carboxylic acids is 1. The van der Waals surface area contributed by atoms with Crippen LogP contribution in [0.5, 0.6) is 11.5 Å². The molecule has 0 aliphatic carbocycles. The number of carbonyl (C=O) groups is 1. The Morgan fingerprint density at radius 1 is 1.50 bits per heavy atom. The smallest absolute Gasteiger partial charge is 0.416 e. The molecule has 1 unspecified atom stereocenters. The Balaban J connectivity index is 2.04. The van der Waals surface area contributed by atoms with E-state index >= 15 is 0 Å². The molecule has 1 aromatic carbocycles. The molecule has 0 N–H and O–H groups in total. The molecule has 0 bridgehead atoms. The summed E-state index contributed by atoms with van der Waals surface area (Å²) in [5.41, 5.74) is 0. The average molecular weight is 218 g/mol. The first-order chi connectivity index (χ1) is 7.76. The zero-order chi connectivity index (χ0) is 11.5. The minimum atomic E-state index is -0.518. The number of amides is 1. The van der Waals surface area contributed by atoms with Crippen molar-refractivity contribution in [3.63, 3.8) is 0 Å². The lowest BCUT2D eigenvalue weighted by atomic mass is 10.3. The van der Waals surface area contributed by atoms with Crippen LogP contribution in [0.3, 0.4) is 0 Å². The Hall–Kier alpha value is -2.22. The predicted octanol–water partition coefficient (Wildman–Crippen LogP) is 1.40. The molecule has 1 aliphatic heterocycles. The maximum Gasteiger partial charge on any atom is 0.416 e. The summed E-state index contributed by atoms with van der Waals surface area (Å²) in [6.45, 7) is 0.435. The molecule has 0 radical (unpaired) electrons. The van der Waals surface area contributed by atoms with Gasteiger partial charge in [0.25, 0.3) is 0 Å². The Morgan fingerprint density at radius 2 is 2.19 bits per heavy atom. The van der Waals surface area contributed by atoms with Gasteiger partial charge in [-0.1, -0.05) is 12.1 Å². The van der Waals surface area contributed by atoms with E-state index in [1.165, 1.54) is 12.0 Å². The third-order valence-electron chi connectivity index (χ3n) is 2.26. The van der Waals surface area contributed by atoms with Crippen LogP contribution in [-0.4, -0.2) is 30.7 Å². The van der Waals surface area contributed by atoms with Gasteiger partial charge >= 0.3 is 6.09 Å². The van der Waals surface area contributed by atoms with Gasteiger partial charge in [0.15, 0.2) is 11.5 Å². The molecule has 1 fully saturated rings. The molecule has 82 valence electrons. The van der Waals surface area contributed by atoms with Gasteiger partial charge in [-0.25, -0.2) is 4.79 Å². The molecule has 0 aromatic heterocycles. The van der Waals surface area contributed by atoms with Crippen molar-refractivity contribution in [1.82, 2.24) is 4.90 Å². The SMILES string of the molecule is COc1ccccc1OC(=O)N1CC1C#N. The second kappa shape index (κ2) is 4.11. The van der Waals surface area contributed by atoms with E-state index in [0.29, 0.717) is 18.0 Å². The Kier molecular flexibility index (Phi) is 2.64. The molecule has 5 nitrogen and oxygen atoms in total. The highest BCUT2D eigenvalue weighted by atomic mass is 16.6. The van der Waals surface area contributed by atoms with Crippen LogP contribution in [0.4, 0.5) is 4.79 Å². The molecule has 1 aliphatic rings. The van der Waals surface area contributed by atoms with Gasteiger partial charge in [-0.2, -0.15) is 5.26 Å². The molecule has 2 rings (SSSR count). The van der Waals surface area contributed by atoms with E-state index in [9.17, 15) is 4.79 Å². The lowest BCUT2D eigenvalue weighted by Gasteiger charge is -2.08. The van der Waals surface area contributed by atoms with Crippen molar-refractivity contribution < 1.29 is 14.3 Å². The van der Waals surface area contributed by atoms with E-state index in [2.05, 4.69) is 0 Å². The van der Waals surface area contributed by atoms with E-state index in [1.54, 1.807) is 24.3 Å². The highest BCUT2D eigenvalue weighted by Crippen LogP contribution is 2.28. The van der Waals surface area contributed by atoms with Crippen LogP contribution < -0.4 is 9.47 Å². The standard InChI is InChI=1S/C11H10N2O3/c1-15-9-4-2-3-5-10(9)16-11(14)13-7-8(13)6-12/h2-5,8H,7H2,1H3. The van der Waals surface area contributed by atoms with Crippen LogP contribution in [0.2, 0.25) is 0 Å². The number of hydrogen-bond donors (Lipinski definition) is 0. The van der Waals surface area contributed by atoms with Crippen LogP contribution in [0.1, 0.15) is 0 Å². The molecule has 16 heavy (non-hydrogen) atoms. The zero-order valence-electron chi connectivity index (χ0n) is 8.71. The van der Waals surface area contributed by atoms with Crippen molar-refractivity contribution in [3.05, 3.63) is 24.3 Å². The van der Waals surface area contributed by atoms with Gasteiger partial charge in [-0.05, 0) is 12.1 Å². The molecule has 0 spiro atoms.